The number of carbonyl (C=O) groups is 2. The van der Waals surface area contributed by atoms with Gasteiger partial charge in [-0.15, -0.1) is 0 Å². The van der Waals surface area contributed by atoms with Crippen molar-refractivity contribution >= 4 is 50.3 Å². The van der Waals surface area contributed by atoms with Gasteiger partial charge in [-0.3, -0.25) is 15.0 Å². The second-order valence-electron chi connectivity index (χ2n) is 19.1. The lowest BCUT2D eigenvalue weighted by molar-refractivity contribution is -0.164. The third-order valence-electron chi connectivity index (χ3n) is 11.6. The molecule has 4 heterocycles. The van der Waals surface area contributed by atoms with Gasteiger partial charge >= 0.3 is 11.9 Å². The molecule has 2 atom stereocenters. The highest BCUT2D eigenvalue weighted by atomic mass is 19.1. The number of ether oxygens (including phenoxy) is 5. The second-order valence-corrected chi connectivity index (χ2v) is 19.1. The molecule has 0 aliphatic carbocycles. The monoisotopic (exact) mass is 946 g/mol. The number of anilines is 1. The van der Waals surface area contributed by atoms with Gasteiger partial charge in [-0.25, -0.2) is 22.8 Å². The molecule has 1 aliphatic rings. The first-order chi connectivity index (χ1) is 32.3. The first-order valence-corrected chi connectivity index (χ1v) is 22.6. The highest BCUT2D eigenvalue weighted by molar-refractivity contribution is 6.08. The maximum atomic E-state index is 15.0. The molecule has 8 rings (SSSR count). The van der Waals surface area contributed by atoms with Crippen LogP contribution < -0.4 is 10.5 Å². The SMILES string of the molecule is COC(=O)[C@@H](OC(C)(C)C)c1c(C)nc2cc(C)c(F)cc2c1-c1ccc2c3c(ccnc13)CCO2.COC(=O)[C@@H](OC(C)(C)C)c1c(C)nc2cc(C)c(F)cc2c1C.Cc1cc(N)ccc1F. The van der Waals surface area contributed by atoms with Crippen LogP contribution in [0.5, 0.6) is 5.75 Å². The molecule has 0 spiro atoms. The summed E-state index contributed by atoms with van der Waals surface area (Å²) in [5, 5.41) is 2.17. The number of pyridine rings is 3. The summed E-state index contributed by atoms with van der Waals surface area (Å²) in [7, 11) is 2.65. The minimum atomic E-state index is -1.08. The first kappa shape index (κ1) is 51.7. The van der Waals surface area contributed by atoms with Crippen LogP contribution in [0.4, 0.5) is 18.9 Å². The lowest BCUT2D eigenvalue weighted by Gasteiger charge is -2.29. The predicted octanol–water partition coefficient (Wildman–Crippen LogP) is 12.2. The maximum absolute atomic E-state index is 15.0. The summed E-state index contributed by atoms with van der Waals surface area (Å²) in [6, 6.07) is 16.7. The Labute approximate surface area is 401 Å². The smallest absolute Gasteiger partial charge is 0.339 e. The molecular formula is C55H61F3N4O7. The van der Waals surface area contributed by atoms with Crippen molar-refractivity contribution in [3.8, 4) is 16.9 Å². The van der Waals surface area contributed by atoms with Crippen molar-refractivity contribution in [2.75, 3.05) is 26.6 Å². The van der Waals surface area contributed by atoms with E-state index >= 15 is 0 Å². The Morgan fingerprint density at radius 3 is 1.72 bits per heavy atom. The van der Waals surface area contributed by atoms with E-state index in [0.717, 1.165) is 39.8 Å². The van der Waals surface area contributed by atoms with E-state index in [2.05, 4.69) is 4.98 Å². The van der Waals surface area contributed by atoms with Crippen molar-refractivity contribution in [2.45, 2.75) is 113 Å². The molecule has 0 amide bonds. The Morgan fingerprint density at radius 2 is 1.19 bits per heavy atom. The predicted molar refractivity (Wildman–Crippen MR) is 264 cm³/mol. The Morgan fingerprint density at radius 1 is 0.667 bits per heavy atom. The number of aromatic nitrogens is 3. The van der Waals surface area contributed by atoms with Crippen LogP contribution in [0.15, 0.2) is 66.9 Å². The van der Waals surface area contributed by atoms with E-state index in [0.29, 0.717) is 78.9 Å². The Hall–Kier alpha value is -6.64. The fourth-order valence-electron chi connectivity index (χ4n) is 8.38. The van der Waals surface area contributed by atoms with Crippen LogP contribution in [0.2, 0.25) is 0 Å². The van der Waals surface area contributed by atoms with Crippen LogP contribution in [-0.2, 0) is 35.0 Å². The lowest BCUT2D eigenvalue weighted by Crippen LogP contribution is -2.29. The van der Waals surface area contributed by atoms with Gasteiger partial charge in [0.1, 0.15) is 23.2 Å². The van der Waals surface area contributed by atoms with Crippen LogP contribution in [0.3, 0.4) is 0 Å². The molecule has 0 fully saturated rings. The number of nitrogens with two attached hydrogens (primary N) is 1. The number of nitrogen functional groups attached to an aromatic ring is 1. The first-order valence-electron chi connectivity index (χ1n) is 22.6. The van der Waals surface area contributed by atoms with Gasteiger partial charge in [-0.05, 0) is 172 Å². The Balaban J connectivity index is 0.000000203. The zero-order valence-electron chi connectivity index (χ0n) is 41.8. The summed E-state index contributed by atoms with van der Waals surface area (Å²) in [6.45, 7) is 22.4. The van der Waals surface area contributed by atoms with E-state index in [9.17, 15) is 22.8 Å². The number of esters is 2. The number of carbonyl (C=O) groups excluding carboxylic acids is 2. The average molecular weight is 947 g/mol. The van der Waals surface area contributed by atoms with Crippen LogP contribution in [0.25, 0.3) is 43.8 Å². The number of hydrogen-bond donors (Lipinski definition) is 1. The zero-order chi connectivity index (χ0) is 50.9. The summed E-state index contributed by atoms with van der Waals surface area (Å²) >= 11 is 0. The molecule has 0 radical (unpaired) electrons. The number of rotatable bonds is 7. The molecule has 364 valence electrons. The van der Waals surface area contributed by atoms with Crippen LogP contribution in [-0.4, -0.2) is 58.9 Å². The van der Waals surface area contributed by atoms with Crippen LogP contribution in [0.1, 0.15) is 104 Å². The van der Waals surface area contributed by atoms with Crippen molar-refractivity contribution < 1.29 is 46.4 Å². The summed E-state index contributed by atoms with van der Waals surface area (Å²) in [6.07, 6.45) is 0.564. The van der Waals surface area contributed by atoms with Gasteiger partial charge in [0.25, 0.3) is 0 Å². The van der Waals surface area contributed by atoms with Crippen LogP contribution >= 0.6 is 0 Å². The van der Waals surface area contributed by atoms with Gasteiger partial charge in [0.2, 0.25) is 0 Å². The van der Waals surface area contributed by atoms with Gasteiger partial charge in [0.15, 0.2) is 12.2 Å². The molecule has 7 aromatic rings. The van der Waals surface area contributed by atoms with Gasteiger partial charge in [0.05, 0.1) is 48.6 Å². The molecule has 3 aromatic heterocycles. The molecule has 2 N–H and O–H groups in total. The number of fused-ring (bicyclic) bond motifs is 2. The third-order valence-corrected chi connectivity index (χ3v) is 11.6. The summed E-state index contributed by atoms with van der Waals surface area (Å²) < 4.78 is 69.6. The molecule has 0 saturated heterocycles. The standard InChI is InChI=1S/C29H29FN2O4.C19H24FNO3.C7H8FN/c1-15-13-21-19(14-20(15)30)25(23(16(2)32-21)27(28(33)34-6)36-29(3,4)5)18-7-8-22-24-17(10-12-35-22)9-11-31-26(18)24;1-10-8-15-13(9-14(10)20)11(2)16(12(3)21-15)17(18(22)23-7)24-19(4,5)6;1-5-4-6(9)2-3-7(5)8/h7-9,11,13-14,27H,10,12H2,1-6H3;8-9,17H,1-7H3;2-4H,9H2,1H3/t27-;17-;/m00./s1. The minimum absolute atomic E-state index is 0.204. The van der Waals surface area contributed by atoms with Crippen LogP contribution in [0, 0.1) is 59.0 Å². The fraction of sp³-hybridized carbons (Fsp3) is 0.364. The van der Waals surface area contributed by atoms with Crippen molar-refractivity contribution in [1.29, 1.82) is 0 Å². The average Bonchev–Trinajstić information content (AvgIpc) is 3.27. The lowest BCUT2D eigenvalue weighted by atomic mass is 9.88. The molecule has 0 saturated carbocycles. The fourth-order valence-corrected chi connectivity index (χ4v) is 8.38. The third kappa shape index (κ3) is 11.5. The molecule has 0 bridgehead atoms. The highest BCUT2D eigenvalue weighted by Crippen LogP contribution is 2.45. The van der Waals surface area contributed by atoms with E-state index in [1.807, 2.05) is 80.5 Å². The van der Waals surface area contributed by atoms with E-state index in [-0.39, 0.29) is 17.5 Å². The molecule has 11 nitrogen and oxygen atoms in total. The number of hydrogen-bond acceptors (Lipinski definition) is 11. The number of aryl methyl sites for hydroxylation is 6. The van der Waals surface area contributed by atoms with Gasteiger partial charge in [-0.1, -0.05) is 0 Å². The number of methoxy groups -OCH3 is 2. The Kier molecular flexibility index (Phi) is 15.4. The normalized spacial score (nSPS) is 13.2. The Bertz CT molecular complexity index is 3100. The van der Waals surface area contributed by atoms with E-state index in [4.69, 9.17) is 39.4 Å². The number of halogens is 3. The number of benzene rings is 4. The second kappa shape index (κ2) is 20.5. The van der Waals surface area contributed by atoms with Gasteiger partial charge < -0.3 is 29.4 Å². The molecule has 69 heavy (non-hydrogen) atoms. The molecule has 14 heteroatoms. The van der Waals surface area contributed by atoms with Crippen molar-refractivity contribution in [3.63, 3.8) is 0 Å². The van der Waals surface area contributed by atoms with Gasteiger partial charge in [-0.2, -0.15) is 0 Å². The largest absolute Gasteiger partial charge is 0.493 e. The quantitative estimate of drug-likeness (QED) is 0.120. The maximum Gasteiger partial charge on any atom is 0.339 e. The molecular weight excluding hydrogens is 886 g/mol. The zero-order valence-corrected chi connectivity index (χ0v) is 41.8. The molecule has 1 aliphatic heterocycles. The van der Waals surface area contributed by atoms with Gasteiger partial charge in [0, 0.05) is 68.1 Å². The molecule has 0 unspecified atom stereocenters. The topological polar surface area (TPSA) is 145 Å². The van der Waals surface area contributed by atoms with Crippen molar-refractivity contribution in [3.05, 3.63) is 135 Å². The van der Waals surface area contributed by atoms with Crippen molar-refractivity contribution in [1.82, 2.24) is 15.0 Å². The summed E-state index contributed by atoms with van der Waals surface area (Å²) in [5.41, 5.74) is 14.2. The van der Waals surface area contributed by atoms with E-state index in [1.165, 1.54) is 32.4 Å². The van der Waals surface area contributed by atoms with Crippen molar-refractivity contribution in [2.24, 2.45) is 0 Å². The molecule has 4 aromatic carbocycles. The minimum Gasteiger partial charge on any atom is -0.493 e. The number of nitrogens with zero attached hydrogens (tertiary/aromatic N) is 3. The summed E-state index contributed by atoms with van der Waals surface area (Å²) in [5.74, 6) is -1.15. The van der Waals surface area contributed by atoms with E-state index < -0.39 is 35.3 Å². The van der Waals surface area contributed by atoms with E-state index in [1.54, 1.807) is 51.2 Å². The highest BCUT2D eigenvalue weighted by Gasteiger charge is 2.35. The summed E-state index contributed by atoms with van der Waals surface area (Å²) in [4.78, 5) is 39.5.